The lowest BCUT2D eigenvalue weighted by Gasteiger charge is -2.24. The number of rotatable bonds is 2. The third kappa shape index (κ3) is 1.87. The van der Waals surface area contributed by atoms with Crippen molar-refractivity contribution in [2.24, 2.45) is 0 Å². The van der Waals surface area contributed by atoms with Crippen LogP contribution in [0.15, 0.2) is 34.9 Å². The zero-order valence-corrected chi connectivity index (χ0v) is 11.1. The van der Waals surface area contributed by atoms with Crippen molar-refractivity contribution in [1.29, 1.82) is 0 Å². The molecule has 0 atom stereocenters. The predicted octanol–water partition coefficient (Wildman–Crippen LogP) is 2.30. The Labute approximate surface area is 116 Å². The van der Waals surface area contributed by atoms with Gasteiger partial charge in [-0.3, -0.25) is 4.90 Å². The number of nitrogens with zero attached hydrogens (tertiary/aromatic N) is 2. The van der Waals surface area contributed by atoms with Gasteiger partial charge in [0.15, 0.2) is 0 Å². The molecule has 3 N–H and O–H groups in total. The van der Waals surface area contributed by atoms with E-state index < -0.39 is 0 Å². The maximum absolute atomic E-state index is 5.61. The van der Waals surface area contributed by atoms with E-state index in [4.69, 9.17) is 10.2 Å². The molecule has 0 amide bonds. The third-order valence-corrected chi connectivity index (χ3v) is 3.90. The summed E-state index contributed by atoms with van der Waals surface area (Å²) < 4.78 is 5.46. The average molecular weight is 268 g/mol. The molecule has 1 aliphatic rings. The fourth-order valence-corrected chi connectivity index (χ4v) is 2.91. The first-order valence-corrected chi connectivity index (χ1v) is 6.81. The van der Waals surface area contributed by atoms with Crippen molar-refractivity contribution in [3.63, 3.8) is 0 Å². The van der Waals surface area contributed by atoms with Crippen molar-refractivity contribution >= 4 is 16.9 Å². The molecule has 0 saturated carbocycles. The van der Waals surface area contributed by atoms with Gasteiger partial charge in [-0.25, -0.2) is 0 Å². The SMILES string of the molecule is Nc1nc2c(o1)CN(Cc1c[nH]c3ccccc13)CC2. The van der Waals surface area contributed by atoms with Crippen LogP contribution in [0.3, 0.4) is 0 Å². The maximum Gasteiger partial charge on any atom is 0.292 e. The van der Waals surface area contributed by atoms with Crippen molar-refractivity contribution in [3.8, 4) is 0 Å². The fraction of sp³-hybridized carbons (Fsp3) is 0.267. The van der Waals surface area contributed by atoms with Gasteiger partial charge in [0.2, 0.25) is 0 Å². The minimum Gasteiger partial charge on any atom is -0.427 e. The number of hydrogen-bond donors (Lipinski definition) is 2. The lowest BCUT2D eigenvalue weighted by molar-refractivity contribution is 0.222. The van der Waals surface area contributed by atoms with E-state index in [1.807, 2.05) is 6.07 Å². The van der Waals surface area contributed by atoms with Gasteiger partial charge in [-0.15, -0.1) is 0 Å². The van der Waals surface area contributed by atoms with Crippen LogP contribution in [0.4, 0.5) is 6.01 Å². The number of H-pyrrole nitrogens is 1. The molecule has 0 bridgehead atoms. The zero-order valence-electron chi connectivity index (χ0n) is 11.1. The van der Waals surface area contributed by atoms with Crippen molar-refractivity contribution in [1.82, 2.24) is 14.9 Å². The first-order chi connectivity index (χ1) is 9.79. The molecular weight excluding hydrogens is 252 g/mol. The monoisotopic (exact) mass is 268 g/mol. The molecule has 0 aliphatic carbocycles. The minimum absolute atomic E-state index is 0.281. The minimum atomic E-state index is 0.281. The average Bonchev–Trinajstić information content (AvgIpc) is 3.02. The van der Waals surface area contributed by atoms with Crippen LogP contribution in [0.1, 0.15) is 17.0 Å². The number of hydrogen-bond acceptors (Lipinski definition) is 4. The number of para-hydroxylation sites is 1. The second-order valence-electron chi connectivity index (χ2n) is 5.24. The smallest absolute Gasteiger partial charge is 0.292 e. The van der Waals surface area contributed by atoms with Gasteiger partial charge in [-0.05, 0) is 11.6 Å². The van der Waals surface area contributed by atoms with Crippen molar-refractivity contribution in [2.45, 2.75) is 19.5 Å². The van der Waals surface area contributed by atoms with E-state index in [0.29, 0.717) is 0 Å². The second kappa shape index (κ2) is 4.38. The second-order valence-corrected chi connectivity index (χ2v) is 5.24. The van der Waals surface area contributed by atoms with Gasteiger partial charge < -0.3 is 15.1 Å². The Kier molecular flexibility index (Phi) is 2.53. The standard InChI is InChI=1S/C15H16N4O/c16-15-18-13-5-6-19(9-14(13)20-15)8-10-7-17-12-4-2-1-3-11(10)12/h1-4,7,17H,5-6,8-9H2,(H2,16,18). The van der Waals surface area contributed by atoms with E-state index in [1.165, 1.54) is 16.5 Å². The molecule has 5 heteroatoms. The van der Waals surface area contributed by atoms with E-state index in [1.54, 1.807) is 0 Å². The van der Waals surface area contributed by atoms with Gasteiger partial charge in [0.25, 0.3) is 6.01 Å². The number of nitrogens with two attached hydrogens (primary N) is 1. The molecule has 2 aromatic heterocycles. The molecule has 5 nitrogen and oxygen atoms in total. The van der Waals surface area contributed by atoms with Gasteiger partial charge in [0.05, 0.1) is 12.2 Å². The molecule has 0 fully saturated rings. The molecule has 102 valence electrons. The molecule has 3 heterocycles. The largest absolute Gasteiger partial charge is 0.427 e. The Morgan fingerprint density at radius 2 is 2.25 bits per heavy atom. The van der Waals surface area contributed by atoms with Crippen LogP contribution in [0.5, 0.6) is 0 Å². The molecular formula is C15H16N4O. The van der Waals surface area contributed by atoms with E-state index in [-0.39, 0.29) is 6.01 Å². The summed E-state index contributed by atoms with van der Waals surface area (Å²) in [5.74, 6) is 0.911. The van der Waals surface area contributed by atoms with Crippen molar-refractivity contribution in [2.75, 3.05) is 12.3 Å². The number of nitrogens with one attached hydrogen (secondary N) is 1. The summed E-state index contributed by atoms with van der Waals surface area (Å²) in [7, 11) is 0. The molecule has 0 radical (unpaired) electrons. The summed E-state index contributed by atoms with van der Waals surface area (Å²) in [6.07, 6.45) is 2.99. The van der Waals surface area contributed by atoms with Gasteiger partial charge in [-0.2, -0.15) is 4.98 Å². The highest BCUT2D eigenvalue weighted by atomic mass is 16.4. The lowest BCUT2D eigenvalue weighted by Crippen LogP contribution is -2.29. The third-order valence-electron chi connectivity index (χ3n) is 3.90. The number of anilines is 1. The number of fused-ring (bicyclic) bond motifs is 2. The summed E-state index contributed by atoms with van der Waals surface area (Å²) in [6.45, 7) is 2.67. The Bertz CT molecular complexity index is 758. The van der Waals surface area contributed by atoms with Crippen LogP contribution in [-0.2, 0) is 19.5 Å². The van der Waals surface area contributed by atoms with E-state index in [0.717, 1.165) is 37.5 Å². The van der Waals surface area contributed by atoms with Gasteiger partial charge >= 0.3 is 0 Å². The Balaban J connectivity index is 1.58. The fourth-order valence-electron chi connectivity index (χ4n) is 2.91. The Morgan fingerprint density at radius 1 is 1.35 bits per heavy atom. The summed E-state index contributed by atoms with van der Waals surface area (Å²) >= 11 is 0. The molecule has 0 unspecified atom stereocenters. The highest BCUT2D eigenvalue weighted by Gasteiger charge is 2.22. The van der Waals surface area contributed by atoms with Gasteiger partial charge in [0, 0.05) is 36.6 Å². The van der Waals surface area contributed by atoms with Gasteiger partial charge in [0.1, 0.15) is 5.76 Å². The van der Waals surface area contributed by atoms with Crippen LogP contribution in [0.2, 0.25) is 0 Å². The summed E-state index contributed by atoms with van der Waals surface area (Å²) in [5.41, 5.74) is 9.13. The van der Waals surface area contributed by atoms with Crippen molar-refractivity contribution < 1.29 is 4.42 Å². The highest BCUT2D eigenvalue weighted by Crippen LogP contribution is 2.24. The summed E-state index contributed by atoms with van der Waals surface area (Å²) in [6, 6.07) is 8.66. The first-order valence-electron chi connectivity index (χ1n) is 6.81. The van der Waals surface area contributed by atoms with Gasteiger partial charge in [-0.1, -0.05) is 18.2 Å². The van der Waals surface area contributed by atoms with Crippen LogP contribution in [0.25, 0.3) is 10.9 Å². The molecule has 20 heavy (non-hydrogen) atoms. The van der Waals surface area contributed by atoms with Crippen LogP contribution < -0.4 is 5.73 Å². The molecule has 0 spiro atoms. The molecule has 4 rings (SSSR count). The van der Waals surface area contributed by atoms with Crippen LogP contribution in [-0.4, -0.2) is 21.4 Å². The van der Waals surface area contributed by atoms with E-state index >= 15 is 0 Å². The normalized spacial score (nSPS) is 15.6. The topological polar surface area (TPSA) is 71.1 Å². The predicted molar refractivity (Wildman–Crippen MR) is 77.0 cm³/mol. The number of oxazole rings is 1. The number of aromatic amines is 1. The zero-order chi connectivity index (χ0) is 13.5. The van der Waals surface area contributed by atoms with E-state index in [9.17, 15) is 0 Å². The lowest BCUT2D eigenvalue weighted by atomic mass is 10.1. The summed E-state index contributed by atoms with van der Waals surface area (Å²) in [4.78, 5) is 9.89. The van der Waals surface area contributed by atoms with Crippen molar-refractivity contribution in [3.05, 3.63) is 47.5 Å². The number of nitrogen functional groups attached to an aromatic ring is 1. The quantitative estimate of drug-likeness (QED) is 0.748. The van der Waals surface area contributed by atoms with E-state index in [2.05, 4.69) is 39.3 Å². The molecule has 3 aromatic rings. The molecule has 1 aromatic carbocycles. The summed E-state index contributed by atoms with van der Waals surface area (Å²) in [5, 5.41) is 1.29. The van der Waals surface area contributed by atoms with Crippen LogP contribution in [0, 0.1) is 0 Å². The Morgan fingerprint density at radius 3 is 3.20 bits per heavy atom. The number of aromatic nitrogens is 2. The van der Waals surface area contributed by atoms with Crippen LogP contribution >= 0.6 is 0 Å². The molecule has 0 saturated heterocycles. The highest BCUT2D eigenvalue weighted by molar-refractivity contribution is 5.82. The first kappa shape index (κ1) is 11.5. The number of benzene rings is 1. The molecule has 1 aliphatic heterocycles. The maximum atomic E-state index is 5.61. The Hall–Kier alpha value is -2.27.